The lowest BCUT2D eigenvalue weighted by Gasteiger charge is -1.98. The maximum atomic E-state index is 5.17. The third-order valence-electron chi connectivity index (χ3n) is 2.10. The number of ether oxygens (including phenoxy) is 1. The van der Waals surface area contributed by atoms with Gasteiger partial charge in [0.2, 0.25) is 5.88 Å². The standard InChI is InChI=1S/C10H13N3O/c1-13-7-8(10(12-13)14-2)6-9-4-3-5-11-9/h3-5,7,11H,6H2,1-2H3. The van der Waals surface area contributed by atoms with E-state index in [2.05, 4.69) is 10.1 Å². The minimum Gasteiger partial charge on any atom is -0.480 e. The van der Waals surface area contributed by atoms with Crippen molar-refractivity contribution in [2.24, 2.45) is 7.05 Å². The fourth-order valence-corrected chi connectivity index (χ4v) is 1.49. The van der Waals surface area contributed by atoms with Gasteiger partial charge < -0.3 is 9.72 Å². The maximum absolute atomic E-state index is 5.17. The van der Waals surface area contributed by atoms with Crippen molar-refractivity contribution in [2.75, 3.05) is 7.11 Å². The molecule has 0 fully saturated rings. The fraction of sp³-hybridized carbons (Fsp3) is 0.300. The number of aromatic nitrogens is 3. The molecule has 0 aromatic carbocycles. The molecular formula is C10H13N3O. The molecule has 14 heavy (non-hydrogen) atoms. The van der Waals surface area contributed by atoms with Gasteiger partial charge >= 0.3 is 0 Å². The zero-order chi connectivity index (χ0) is 9.97. The first-order chi connectivity index (χ1) is 6.79. The van der Waals surface area contributed by atoms with Gasteiger partial charge in [0.1, 0.15) is 0 Å². The van der Waals surface area contributed by atoms with Crippen molar-refractivity contribution in [1.82, 2.24) is 14.8 Å². The first-order valence-corrected chi connectivity index (χ1v) is 4.48. The largest absolute Gasteiger partial charge is 0.480 e. The highest BCUT2D eigenvalue weighted by atomic mass is 16.5. The second-order valence-corrected chi connectivity index (χ2v) is 3.21. The minimum absolute atomic E-state index is 0.696. The highest BCUT2D eigenvalue weighted by molar-refractivity contribution is 5.28. The zero-order valence-electron chi connectivity index (χ0n) is 8.32. The lowest BCUT2D eigenvalue weighted by atomic mass is 10.2. The highest BCUT2D eigenvalue weighted by Crippen LogP contribution is 2.17. The molecule has 2 aromatic heterocycles. The second kappa shape index (κ2) is 3.57. The number of methoxy groups -OCH3 is 1. The summed E-state index contributed by atoms with van der Waals surface area (Å²) in [5.41, 5.74) is 2.26. The van der Waals surface area contributed by atoms with Gasteiger partial charge in [0.05, 0.1) is 7.11 Å². The lowest BCUT2D eigenvalue weighted by Crippen LogP contribution is -1.91. The Morgan fingerprint density at radius 2 is 2.43 bits per heavy atom. The molecule has 0 atom stereocenters. The average Bonchev–Trinajstić information content (AvgIpc) is 2.76. The first kappa shape index (κ1) is 8.87. The van der Waals surface area contributed by atoms with Crippen molar-refractivity contribution in [1.29, 1.82) is 0 Å². The Kier molecular flexibility index (Phi) is 2.26. The monoisotopic (exact) mass is 191 g/mol. The van der Waals surface area contributed by atoms with Gasteiger partial charge in [-0.15, -0.1) is 5.10 Å². The number of rotatable bonds is 3. The van der Waals surface area contributed by atoms with E-state index < -0.39 is 0 Å². The Hall–Kier alpha value is -1.71. The summed E-state index contributed by atoms with van der Waals surface area (Å²) in [5.74, 6) is 0.696. The van der Waals surface area contributed by atoms with Crippen LogP contribution in [-0.4, -0.2) is 21.9 Å². The van der Waals surface area contributed by atoms with Crippen molar-refractivity contribution in [3.8, 4) is 5.88 Å². The molecule has 0 bridgehead atoms. The molecule has 0 unspecified atom stereocenters. The summed E-state index contributed by atoms with van der Waals surface area (Å²) in [5, 5.41) is 4.19. The summed E-state index contributed by atoms with van der Waals surface area (Å²) < 4.78 is 6.93. The van der Waals surface area contributed by atoms with Crippen LogP contribution < -0.4 is 4.74 Å². The molecule has 0 spiro atoms. The number of hydrogen-bond acceptors (Lipinski definition) is 2. The van der Waals surface area contributed by atoms with Crippen LogP contribution in [0, 0.1) is 0 Å². The summed E-state index contributed by atoms with van der Waals surface area (Å²) >= 11 is 0. The molecule has 74 valence electrons. The van der Waals surface area contributed by atoms with Crippen LogP contribution in [0.5, 0.6) is 5.88 Å². The van der Waals surface area contributed by atoms with E-state index in [0.29, 0.717) is 5.88 Å². The van der Waals surface area contributed by atoms with Gasteiger partial charge in [-0.1, -0.05) is 0 Å². The SMILES string of the molecule is COc1nn(C)cc1Cc1ccc[nH]1. The van der Waals surface area contributed by atoms with E-state index in [1.807, 2.05) is 31.6 Å². The zero-order valence-corrected chi connectivity index (χ0v) is 8.32. The van der Waals surface area contributed by atoms with Crippen molar-refractivity contribution < 1.29 is 4.74 Å². The number of nitrogens with one attached hydrogen (secondary N) is 1. The van der Waals surface area contributed by atoms with Gasteiger partial charge in [-0.2, -0.15) is 0 Å². The van der Waals surface area contributed by atoms with Crippen LogP contribution in [0.1, 0.15) is 11.3 Å². The summed E-state index contributed by atoms with van der Waals surface area (Å²) in [6, 6.07) is 4.03. The van der Waals surface area contributed by atoms with E-state index in [0.717, 1.165) is 17.7 Å². The number of H-pyrrole nitrogens is 1. The summed E-state index contributed by atoms with van der Waals surface area (Å²) in [6.45, 7) is 0. The number of nitrogens with zero attached hydrogens (tertiary/aromatic N) is 2. The summed E-state index contributed by atoms with van der Waals surface area (Å²) in [6.07, 6.45) is 4.71. The fourth-order valence-electron chi connectivity index (χ4n) is 1.49. The van der Waals surface area contributed by atoms with Gasteiger partial charge in [-0.25, -0.2) is 0 Å². The van der Waals surface area contributed by atoms with E-state index in [9.17, 15) is 0 Å². The third-order valence-corrected chi connectivity index (χ3v) is 2.10. The molecule has 0 amide bonds. The molecule has 0 aliphatic carbocycles. The van der Waals surface area contributed by atoms with Gasteiger partial charge in [-0.3, -0.25) is 4.68 Å². The molecule has 2 rings (SSSR count). The Labute approximate surface area is 82.5 Å². The van der Waals surface area contributed by atoms with Crippen molar-refractivity contribution >= 4 is 0 Å². The van der Waals surface area contributed by atoms with Crippen LogP contribution in [0.15, 0.2) is 24.5 Å². The van der Waals surface area contributed by atoms with Crippen LogP contribution in [-0.2, 0) is 13.5 Å². The third kappa shape index (κ3) is 1.64. The molecule has 0 saturated heterocycles. The predicted octanol–water partition coefficient (Wildman–Crippen LogP) is 1.35. The van der Waals surface area contributed by atoms with E-state index in [-0.39, 0.29) is 0 Å². The Morgan fingerprint density at radius 3 is 3.07 bits per heavy atom. The van der Waals surface area contributed by atoms with Crippen molar-refractivity contribution in [3.63, 3.8) is 0 Å². The quantitative estimate of drug-likeness (QED) is 0.795. The lowest BCUT2D eigenvalue weighted by molar-refractivity contribution is 0.388. The molecule has 1 N–H and O–H groups in total. The van der Waals surface area contributed by atoms with Crippen LogP contribution in [0.4, 0.5) is 0 Å². The van der Waals surface area contributed by atoms with Crippen molar-refractivity contribution in [3.05, 3.63) is 35.8 Å². The molecule has 0 saturated carbocycles. The van der Waals surface area contributed by atoms with Crippen LogP contribution in [0.25, 0.3) is 0 Å². The van der Waals surface area contributed by atoms with Crippen molar-refractivity contribution in [2.45, 2.75) is 6.42 Å². The molecule has 0 radical (unpaired) electrons. The molecule has 0 aliphatic rings. The smallest absolute Gasteiger partial charge is 0.236 e. The van der Waals surface area contributed by atoms with Gasteiger partial charge in [0.25, 0.3) is 0 Å². The molecular weight excluding hydrogens is 178 g/mol. The van der Waals surface area contributed by atoms with E-state index in [1.54, 1.807) is 11.8 Å². The summed E-state index contributed by atoms with van der Waals surface area (Å²) in [4.78, 5) is 3.15. The highest BCUT2D eigenvalue weighted by Gasteiger charge is 2.08. The molecule has 2 aromatic rings. The number of hydrogen-bond donors (Lipinski definition) is 1. The van der Waals surface area contributed by atoms with Gasteiger partial charge in [0.15, 0.2) is 0 Å². The summed E-state index contributed by atoms with van der Waals surface area (Å²) in [7, 11) is 3.53. The topological polar surface area (TPSA) is 42.8 Å². The average molecular weight is 191 g/mol. The molecule has 4 heteroatoms. The van der Waals surface area contributed by atoms with Gasteiger partial charge in [0, 0.05) is 37.1 Å². The number of aromatic amines is 1. The number of aryl methyl sites for hydroxylation is 1. The molecule has 0 aliphatic heterocycles. The van der Waals surface area contributed by atoms with Gasteiger partial charge in [-0.05, 0) is 12.1 Å². The molecule has 4 nitrogen and oxygen atoms in total. The Morgan fingerprint density at radius 1 is 1.57 bits per heavy atom. The van der Waals surface area contributed by atoms with Crippen LogP contribution >= 0.6 is 0 Å². The van der Waals surface area contributed by atoms with Crippen LogP contribution in [0.2, 0.25) is 0 Å². The van der Waals surface area contributed by atoms with E-state index in [4.69, 9.17) is 4.74 Å². The Balaban J connectivity index is 2.23. The van der Waals surface area contributed by atoms with Crippen LogP contribution in [0.3, 0.4) is 0 Å². The second-order valence-electron chi connectivity index (χ2n) is 3.21. The normalized spacial score (nSPS) is 10.4. The first-order valence-electron chi connectivity index (χ1n) is 4.48. The maximum Gasteiger partial charge on any atom is 0.236 e. The molecule has 2 heterocycles. The predicted molar refractivity (Wildman–Crippen MR) is 53.4 cm³/mol. The minimum atomic E-state index is 0.696. The van der Waals surface area contributed by atoms with E-state index >= 15 is 0 Å². The Bertz CT molecular complexity index is 403. The van der Waals surface area contributed by atoms with E-state index in [1.165, 1.54) is 0 Å².